The first-order valence-corrected chi connectivity index (χ1v) is 12.3. The lowest BCUT2D eigenvalue weighted by Crippen LogP contribution is -2.26. The third-order valence-corrected chi connectivity index (χ3v) is 6.90. The van der Waals surface area contributed by atoms with E-state index < -0.39 is 17.8 Å². The molecule has 39 heavy (non-hydrogen) atoms. The van der Waals surface area contributed by atoms with Crippen LogP contribution in [0.25, 0.3) is 33.2 Å². The largest absolute Gasteiger partial charge is 0.383 e. The summed E-state index contributed by atoms with van der Waals surface area (Å²) in [5.74, 6) is -1.77. The van der Waals surface area contributed by atoms with E-state index in [1.807, 2.05) is 6.07 Å². The Morgan fingerprint density at radius 1 is 1.10 bits per heavy atom. The van der Waals surface area contributed by atoms with Crippen LogP contribution in [0.15, 0.2) is 77.4 Å². The van der Waals surface area contributed by atoms with Crippen LogP contribution in [0.5, 0.6) is 0 Å². The summed E-state index contributed by atoms with van der Waals surface area (Å²) in [5.41, 5.74) is 7.02. The lowest BCUT2D eigenvalue weighted by Gasteiger charge is -2.18. The van der Waals surface area contributed by atoms with Crippen molar-refractivity contribution in [3.8, 4) is 5.69 Å². The molecule has 0 spiro atoms. The normalized spacial score (nSPS) is 15.8. The fraction of sp³-hybridized carbons (Fsp3) is 0.148. The Morgan fingerprint density at radius 3 is 2.67 bits per heavy atom. The molecule has 1 atom stereocenters. The minimum absolute atomic E-state index is 0.0444. The monoisotopic (exact) mass is 547 g/mol. The number of halogens is 3. The van der Waals surface area contributed by atoms with Gasteiger partial charge in [0.15, 0.2) is 17.3 Å². The number of nitrogens with zero attached hydrogens (tertiary/aromatic N) is 6. The van der Waals surface area contributed by atoms with E-state index in [1.54, 1.807) is 42.5 Å². The summed E-state index contributed by atoms with van der Waals surface area (Å²) >= 11 is 6.38. The number of benzene rings is 2. The number of para-hydroxylation sites is 1. The molecule has 1 aliphatic rings. The minimum Gasteiger partial charge on any atom is -0.383 e. The summed E-state index contributed by atoms with van der Waals surface area (Å²) in [5, 5.41) is 5.36. The summed E-state index contributed by atoms with van der Waals surface area (Å²) < 4.78 is 37.7. The second-order valence-electron chi connectivity index (χ2n) is 8.84. The van der Waals surface area contributed by atoms with Gasteiger partial charge in [0.05, 0.1) is 27.0 Å². The zero-order valence-electron chi connectivity index (χ0n) is 20.5. The van der Waals surface area contributed by atoms with Crippen LogP contribution < -0.4 is 11.3 Å². The molecule has 0 amide bonds. The van der Waals surface area contributed by atoms with E-state index in [1.165, 1.54) is 28.8 Å². The van der Waals surface area contributed by atoms with Crippen molar-refractivity contribution in [2.45, 2.75) is 19.1 Å². The number of fused-ring (bicyclic) bond motifs is 2. The molecular formula is C27H20ClF2N7O2. The van der Waals surface area contributed by atoms with E-state index in [9.17, 15) is 9.18 Å². The SMILES string of the molecule is COC1CC=C(c2nn(Cc3nc4cccc(Cl)c4c(=O)n3-c3ccccc3)c3ncnc(N)c23)C(F)=C1F. The molecule has 3 heterocycles. The number of hydrogen-bond acceptors (Lipinski definition) is 7. The van der Waals surface area contributed by atoms with Crippen LogP contribution in [0.4, 0.5) is 14.6 Å². The van der Waals surface area contributed by atoms with Crippen molar-refractivity contribution >= 4 is 44.9 Å². The van der Waals surface area contributed by atoms with Gasteiger partial charge in [-0.2, -0.15) is 5.10 Å². The Labute approximate surface area is 224 Å². The number of hydrogen-bond donors (Lipinski definition) is 1. The van der Waals surface area contributed by atoms with Gasteiger partial charge in [0, 0.05) is 12.7 Å². The van der Waals surface area contributed by atoms with Gasteiger partial charge < -0.3 is 10.5 Å². The maximum Gasteiger partial charge on any atom is 0.267 e. The first-order chi connectivity index (χ1) is 18.9. The van der Waals surface area contributed by atoms with Gasteiger partial charge in [-0.15, -0.1) is 0 Å². The van der Waals surface area contributed by atoms with Gasteiger partial charge in [-0.3, -0.25) is 9.36 Å². The fourth-order valence-electron chi connectivity index (χ4n) is 4.74. The van der Waals surface area contributed by atoms with E-state index in [0.717, 1.165) is 0 Å². The summed E-state index contributed by atoms with van der Waals surface area (Å²) in [6.07, 6.45) is 1.83. The highest BCUT2D eigenvalue weighted by atomic mass is 35.5. The van der Waals surface area contributed by atoms with Gasteiger partial charge >= 0.3 is 0 Å². The smallest absolute Gasteiger partial charge is 0.267 e. The van der Waals surface area contributed by atoms with Crippen molar-refractivity contribution in [2.24, 2.45) is 0 Å². The van der Waals surface area contributed by atoms with Gasteiger partial charge in [0.1, 0.15) is 36.3 Å². The van der Waals surface area contributed by atoms with Crippen molar-refractivity contribution < 1.29 is 13.5 Å². The van der Waals surface area contributed by atoms with Crippen molar-refractivity contribution in [3.63, 3.8) is 0 Å². The van der Waals surface area contributed by atoms with Gasteiger partial charge in [-0.25, -0.2) is 28.4 Å². The van der Waals surface area contributed by atoms with Crippen LogP contribution in [0.3, 0.4) is 0 Å². The number of allylic oxidation sites excluding steroid dienone is 2. The minimum atomic E-state index is -1.09. The van der Waals surface area contributed by atoms with Crippen molar-refractivity contribution in [3.05, 3.63) is 99.5 Å². The highest BCUT2D eigenvalue weighted by Crippen LogP contribution is 2.38. The number of nitrogen functional groups attached to an aromatic ring is 1. The van der Waals surface area contributed by atoms with Crippen LogP contribution in [0.2, 0.25) is 5.02 Å². The Bertz CT molecular complexity index is 1880. The number of methoxy groups -OCH3 is 1. The lowest BCUT2D eigenvalue weighted by atomic mass is 9.98. The van der Waals surface area contributed by atoms with Crippen LogP contribution in [-0.2, 0) is 11.3 Å². The molecule has 5 aromatic rings. The van der Waals surface area contributed by atoms with Gasteiger partial charge in [0.25, 0.3) is 5.56 Å². The topological polar surface area (TPSA) is 114 Å². The Hall–Kier alpha value is -4.48. The van der Waals surface area contributed by atoms with Crippen molar-refractivity contribution in [1.29, 1.82) is 0 Å². The molecule has 1 aliphatic carbocycles. The molecule has 0 saturated carbocycles. The Balaban J connectivity index is 1.57. The zero-order valence-corrected chi connectivity index (χ0v) is 21.2. The molecule has 2 aromatic carbocycles. The highest BCUT2D eigenvalue weighted by Gasteiger charge is 2.30. The number of aromatic nitrogens is 6. The molecule has 12 heteroatoms. The average Bonchev–Trinajstić information content (AvgIpc) is 3.30. The van der Waals surface area contributed by atoms with Gasteiger partial charge in [-0.05, 0) is 30.7 Å². The molecular weight excluding hydrogens is 528 g/mol. The van der Waals surface area contributed by atoms with Gasteiger partial charge in [0.2, 0.25) is 0 Å². The predicted molar refractivity (Wildman–Crippen MR) is 144 cm³/mol. The second-order valence-corrected chi connectivity index (χ2v) is 9.25. The quantitative estimate of drug-likeness (QED) is 0.337. The zero-order chi connectivity index (χ0) is 27.3. The van der Waals surface area contributed by atoms with E-state index >= 15 is 4.39 Å². The van der Waals surface area contributed by atoms with Crippen LogP contribution >= 0.6 is 11.6 Å². The van der Waals surface area contributed by atoms with E-state index in [0.29, 0.717) is 17.0 Å². The molecule has 0 fully saturated rings. The molecule has 2 N–H and O–H groups in total. The maximum atomic E-state index is 15.2. The molecule has 0 aliphatic heterocycles. The average molecular weight is 548 g/mol. The predicted octanol–water partition coefficient (Wildman–Crippen LogP) is 4.76. The van der Waals surface area contributed by atoms with E-state index in [-0.39, 0.29) is 57.1 Å². The Kier molecular flexibility index (Phi) is 6.16. The third kappa shape index (κ3) is 4.06. The molecule has 3 aromatic heterocycles. The molecule has 0 bridgehead atoms. The van der Waals surface area contributed by atoms with E-state index in [4.69, 9.17) is 27.1 Å². The summed E-state index contributed by atoms with van der Waals surface area (Å²) in [6, 6.07) is 14.0. The first-order valence-electron chi connectivity index (χ1n) is 11.9. The maximum absolute atomic E-state index is 15.2. The molecule has 0 saturated heterocycles. The number of anilines is 1. The summed E-state index contributed by atoms with van der Waals surface area (Å²) in [4.78, 5) is 26.8. The molecule has 6 rings (SSSR count). The molecule has 196 valence electrons. The van der Waals surface area contributed by atoms with Crippen molar-refractivity contribution in [2.75, 3.05) is 12.8 Å². The van der Waals surface area contributed by atoms with E-state index in [2.05, 4.69) is 15.1 Å². The summed E-state index contributed by atoms with van der Waals surface area (Å²) in [6.45, 7) is -0.0542. The van der Waals surface area contributed by atoms with Crippen LogP contribution in [0, 0.1) is 0 Å². The summed E-state index contributed by atoms with van der Waals surface area (Å²) in [7, 11) is 1.31. The van der Waals surface area contributed by atoms with Crippen LogP contribution in [-0.4, -0.2) is 42.5 Å². The number of rotatable bonds is 5. The standard InChI is InChI=1S/C27H20ClF2N7O2/c1-39-18-11-10-15(22(29)23(18)30)24-21-25(31)32-13-33-26(21)36(35-24)12-19-34-17-9-5-8-16(28)20(17)27(38)37(19)14-6-3-2-4-7-14/h2-10,13,18H,11-12H2,1H3,(H2,31,32,33). The van der Waals surface area contributed by atoms with Crippen LogP contribution in [0.1, 0.15) is 17.9 Å². The van der Waals surface area contributed by atoms with Gasteiger partial charge in [-0.1, -0.05) is 41.9 Å². The molecule has 9 nitrogen and oxygen atoms in total. The molecule has 1 unspecified atom stereocenters. The Morgan fingerprint density at radius 2 is 1.90 bits per heavy atom. The number of ether oxygens (including phenoxy) is 1. The van der Waals surface area contributed by atoms with Crippen molar-refractivity contribution in [1.82, 2.24) is 29.3 Å². The fourth-order valence-corrected chi connectivity index (χ4v) is 4.99. The molecule has 0 radical (unpaired) electrons. The lowest BCUT2D eigenvalue weighted by molar-refractivity contribution is 0.110. The number of nitrogens with two attached hydrogens (primary N) is 1. The third-order valence-electron chi connectivity index (χ3n) is 6.58. The first kappa shape index (κ1) is 24.8. The highest BCUT2D eigenvalue weighted by molar-refractivity contribution is 6.35. The second kappa shape index (κ2) is 9.68.